The predicted octanol–water partition coefficient (Wildman–Crippen LogP) is 1.90. The maximum absolute atomic E-state index is 12.3. The Labute approximate surface area is 158 Å². The van der Waals surface area contributed by atoms with Crippen molar-refractivity contribution in [2.24, 2.45) is 11.8 Å². The molecule has 0 saturated carbocycles. The molecular formula is C20H26O7. The van der Waals surface area contributed by atoms with Crippen LogP contribution < -0.4 is 0 Å². The van der Waals surface area contributed by atoms with E-state index in [0.29, 0.717) is 18.6 Å². The molecule has 1 spiro atoms. The fraction of sp³-hybridized carbons (Fsp3) is 0.700. The molecule has 7 heteroatoms. The van der Waals surface area contributed by atoms with Crippen molar-refractivity contribution in [3.63, 3.8) is 0 Å². The number of epoxide rings is 1. The van der Waals surface area contributed by atoms with Gasteiger partial charge >= 0.3 is 11.9 Å². The molecule has 0 amide bonds. The number of rotatable bonds is 3. The molecular weight excluding hydrogens is 352 g/mol. The Morgan fingerprint density at radius 1 is 1.41 bits per heavy atom. The van der Waals surface area contributed by atoms with Crippen LogP contribution >= 0.6 is 0 Å². The molecule has 27 heavy (non-hydrogen) atoms. The monoisotopic (exact) mass is 378 g/mol. The molecule has 0 aromatic carbocycles. The summed E-state index contributed by atoms with van der Waals surface area (Å²) >= 11 is 0. The molecule has 4 aliphatic heterocycles. The quantitative estimate of drug-likeness (QED) is 0.321. The first-order valence-corrected chi connectivity index (χ1v) is 9.44. The normalized spacial score (nSPS) is 44.9. The van der Waals surface area contributed by atoms with Gasteiger partial charge in [-0.15, -0.1) is 0 Å². The smallest absolute Gasteiger partial charge is 0.333 e. The third kappa shape index (κ3) is 3.11. The van der Waals surface area contributed by atoms with Crippen molar-refractivity contribution in [1.29, 1.82) is 0 Å². The fourth-order valence-electron chi connectivity index (χ4n) is 4.61. The lowest BCUT2D eigenvalue weighted by atomic mass is 9.79. The molecule has 0 radical (unpaired) electrons. The predicted molar refractivity (Wildman–Crippen MR) is 93.5 cm³/mol. The van der Waals surface area contributed by atoms with Gasteiger partial charge in [0.1, 0.15) is 17.8 Å². The molecule has 0 unspecified atom stereocenters. The van der Waals surface area contributed by atoms with E-state index in [0.717, 1.165) is 18.4 Å². The van der Waals surface area contributed by atoms with E-state index in [4.69, 9.17) is 23.7 Å². The number of hydrogen-bond acceptors (Lipinski definition) is 7. The zero-order chi connectivity index (χ0) is 19.3. The third-order valence-electron chi connectivity index (χ3n) is 6.15. The van der Waals surface area contributed by atoms with Crippen LogP contribution in [0, 0.1) is 11.8 Å². The van der Waals surface area contributed by atoms with Gasteiger partial charge < -0.3 is 23.7 Å². The Morgan fingerprint density at radius 2 is 2.19 bits per heavy atom. The summed E-state index contributed by atoms with van der Waals surface area (Å²) in [5.41, 5.74) is 0.685. The van der Waals surface area contributed by atoms with Crippen LogP contribution in [0.1, 0.15) is 33.1 Å². The number of hydrogen-bond donors (Lipinski definition) is 0. The molecule has 148 valence electrons. The van der Waals surface area contributed by atoms with Gasteiger partial charge in [0.25, 0.3) is 0 Å². The Kier molecular flexibility index (Phi) is 4.64. The van der Waals surface area contributed by atoms with Crippen molar-refractivity contribution in [2.75, 3.05) is 13.7 Å². The average Bonchev–Trinajstić information content (AvgIpc) is 3.21. The van der Waals surface area contributed by atoms with Crippen LogP contribution in [-0.4, -0.2) is 55.9 Å². The summed E-state index contributed by atoms with van der Waals surface area (Å²) in [6, 6.07) is 0. The van der Waals surface area contributed by atoms with E-state index >= 15 is 0 Å². The number of esters is 2. The van der Waals surface area contributed by atoms with Gasteiger partial charge in [-0.3, -0.25) is 4.79 Å². The summed E-state index contributed by atoms with van der Waals surface area (Å²) in [6.07, 6.45) is 2.40. The number of fused-ring (bicyclic) bond motifs is 4. The van der Waals surface area contributed by atoms with Crippen LogP contribution in [0.2, 0.25) is 0 Å². The van der Waals surface area contributed by atoms with E-state index < -0.39 is 30.1 Å². The van der Waals surface area contributed by atoms with Gasteiger partial charge in [0, 0.05) is 25.0 Å². The Morgan fingerprint density at radius 3 is 2.89 bits per heavy atom. The molecule has 3 saturated heterocycles. The minimum absolute atomic E-state index is 0.0259. The standard InChI is InChI=1S/C20H26O7/c1-10(2)17(21)26-14-8-20-15(27-20)6-5-12(9-24-19(20)23-4)7-13-16(14)11(3)18(22)25-13/h7,11,13-16,19H,1,5-6,8-9H2,2-4H3/b12-7-/t11-,13-,14+,15-,16+,19-,20+/m1/s1. The maximum atomic E-state index is 12.3. The van der Waals surface area contributed by atoms with Crippen molar-refractivity contribution in [2.45, 2.75) is 63.3 Å². The second-order valence-electron chi connectivity index (χ2n) is 8.00. The first-order valence-electron chi connectivity index (χ1n) is 9.44. The zero-order valence-corrected chi connectivity index (χ0v) is 15.9. The Balaban J connectivity index is 1.75. The minimum Gasteiger partial charge on any atom is -0.458 e. The molecule has 0 aromatic heterocycles. The minimum atomic E-state index is -0.673. The summed E-state index contributed by atoms with van der Waals surface area (Å²) in [4.78, 5) is 24.6. The molecule has 7 atom stereocenters. The summed E-state index contributed by atoms with van der Waals surface area (Å²) in [7, 11) is 1.59. The van der Waals surface area contributed by atoms with Gasteiger partial charge in [0.15, 0.2) is 6.29 Å². The first kappa shape index (κ1) is 18.7. The molecule has 0 N–H and O–H groups in total. The number of carbonyl (C=O) groups is 2. The molecule has 1 aliphatic carbocycles. The summed E-state index contributed by atoms with van der Waals surface area (Å²) in [5, 5.41) is 0. The van der Waals surface area contributed by atoms with Crippen LogP contribution in [0.15, 0.2) is 23.8 Å². The van der Waals surface area contributed by atoms with Crippen molar-refractivity contribution < 1.29 is 33.3 Å². The molecule has 5 aliphatic rings. The van der Waals surface area contributed by atoms with Crippen molar-refractivity contribution >= 4 is 11.9 Å². The molecule has 7 nitrogen and oxygen atoms in total. The highest BCUT2D eigenvalue weighted by atomic mass is 16.7. The topological polar surface area (TPSA) is 83.6 Å². The summed E-state index contributed by atoms with van der Waals surface area (Å²) in [5.74, 6) is -1.43. The van der Waals surface area contributed by atoms with Crippen LogP contribution in [-0.2, 0) is 33.3 Å². The van der Waals surface area contributed by atoms with E-state index in [1.54, 1.807) is 14.0 Å². The summed E-state index contributed by atoms with van der Waals surface area (Å²) in [6.45, 7) is 7.50. The van der Waals surface area contributed by atoms with Crippen molar-refractivity contribution in [3.05, 3.63) is 23.8 Å². The largest absolute Gasteiger partial charge is 0.458 e. The van der Waals surface area contributed by atoms with Gasteiger partial charge in [-0.05, 0) is 31.4 Å². The van der Waals surface area contributed by atoms with Gasteiger partial charge in [-0.2, -0.15) is 0 Å². The lowest BCUT2D eigenvalue weighted by Gasteiger charge is -2.35. The van der Waals surface area contributed by atoms with E-state index in [1.165, 1.54) is 0 Å². The van der Waals surface area contributed by atoms with Crippen LogP contribution in [0.25, 0.3) is 0 Å². The second kappa shape index (κ2) is 6.72. The SMILES string of the molecule is C=C(C)C(=O)O[C@H]1C[C@]23O[C@@H]2CC/C(=C/[C@H]2OC(=O)[C@H](C)[C@H]12)CO[C@H]3OC. The van der Waals surface area contributed by atoms with Gasteiger partial charge in [0.05, 0.1) is 18.6 Å². The number of ether oxygens (including phenoxy) is 5. The van der Waals surface area contributed by atoms with Crippen molar-refractivity contribution in [3.8, 4) is 0 Å². The van der Waals surface area contributed by atoms with Gasteiger partial charge in [-0.1, -0.05) is 13.5 Å². The number of carbonyl (C=O) groups excluding carboxylic acids is 2. The maximum Gasteiger partial charge on any atom is 0.333 e. The second-order valence-corrected chi connectivity index (χ2v) is 8.00. The lowest BCUT2D eigenvalue weighted by Crippen LogP contribution is -2.46. The van der Waals surface area contributed by atoms with E-state index in [-0.39, 0.29) is 23.9 Å². The van der Waals surface area contributed by atoms with Crippen LogP contribution in [0.4, 0.5) is 0 Å². The highest BCUT2D eigenvalue weighted by Gasteiger charge is 2.66. The van der Waals surface area contributed by atoms with Crippen LogP contribution in [0.5, 0.6) is 0 Å². The molecule has 0 aromatic rings. The van der Waals surface area contributed by atoms with Gasteiger partial charge in [0.2, 0.25) is 0 Å². The highest BCUT2D eigenvalue weighted by molar-refractivity contribution is 5.87. The van der Waals surface area contributed by atoms with E-state index in [2.05, 4.69) is 6.58 Å². The molecule has 3 fully saturated rings. The fourth-order valence-corrected chi connectivity index (χ4v) is 4.61. The lowest BCUT2D eigenvalue weighted by molar-refractivity contribution is -0.176. The van der Waals surface area contributed by atoms with Crippen LogP contribution in [0.3, 0.4) is 0 Å². The Bertz CT molecular complexity index is 698. The summed E-state index contributed by atoms with van der Waals surface area (Å²) < 4.78 is 29.0. The first-order chi connectivity index (χ1) is 12.9. The average molecular weight is 378 g/mol. The Hall–Kier alpha value is -1.70. The van der Waals surface area contributed by atoms with E-state index in [1.807, 2.05) is 13.0 Å². The van der Waals surface area contributed by atoms with Gasteiger partial charge in [-0.25, -0.2) is 4.79 Å². The third-order valence-corrected chi connectivity index (χ3v) is 6.15. The molecule has 5 rings (SSSR count). The molecule has 2 bridgehead atoms. The van der Waals surface area contributed by atoms with E-state index in [9.17, 15) is 9.59 Å². The molecule has 4 heterocycles. The highest BCUT2D eigenvalue weighted by Crippen LogP contribution is 2.52. The zero-order valence-electron chi connectivity index (χ0n) is 15.9. The van der Waals surface area contributed by atoms with Crippen molar-refractivity contribution in [1.82, 2.24) is 0 Å². The number of methoxy groups -OCH3 is 1.